The van der Waals surface area contributed by atoms with Crippen molar-refractivity contribution in [2.45, 2.75) is 6.42 Å². The predicted octanol–water partition coefficient (Wildman–Crippen LogP) is 3.66. The molecule has 0 atom stereocenters. The van der Waals surface area contributed by atoms with Crippen molar-refractivity contribution in [2.75, 3.05) is 29.9 Å². The number of fused-ring (bicyclic) bond motifs is 2. The molecule has 0 aromatic heterocycles. The largest absolute Gasteiger partial charge is 0.478 e. The number of aliphatic carboxylic acids is 1. The number of amides is 1. The van der Waals surface area contributed by atoms with Gasteiger partial charge in [-0.1, -0.05) is 29.8 Å². The molecule has 0 spiro atoms. The molecule has 7 heteroatoms. The van der Waals surface area contributed by atoms with Crippen LogP contribution in [0.5, 0.6) is 0 Å². The molecule has 0 saturated heterocycles. The van der Waals surface area contributed by atoms with Gasteiger partial charge in [0.05, 0.1) is 22.6 Å². The molecule has 1 aliphatic heterocycles. The average Bonchev–Trinajstić information content (AvgIpc) is 2.76. The van der Waals surface area contributed by atoms with Gasteiger partial charge >= 0.3 is 5.97 Å². The Balaban J connectivity index is 1.77. The number of hydrogen-bond acceptors (Lipinski definition) is 4. The minimum absolute atomic E-state index is 0.145. The Hall–Kier alpha value is -2.83. The van der Waals surface area contributed by atoms with Crippen LogP contribution in [-0.4, -0.2) is 36.6 Å². The van der Waals surface area contributed by atoms with Gasteiger partial charge in [-0.05, 0) is 43.3 Å². The van der Waals surface area contributed by atoms with Crippen LogP contribution in [-0.2, 0) is 4.79 Å². The molecule has 27 heavy (non-hydrogen) atoms. The zero-order valence-corrected chi connectivity index (χ0v) is 15.4. The third-order valence-electron chi connectivity index (χ3n) is 4.20. The quantitative estimate of drug-likeness (QED) is 0.500. The first kappa shape index (κ1) is 18.9. The van der Waals surface area contributed by atoms with E-state index in [0.29, 0.717) is 30.2 Å². The van der Waals surface area contributed by atoms with Crippen molar-refractivity contribution in [3.8, 4) is 0 Å². The van der Waals surface area contributed by atoms with Crippen LogP contribution in [0.3, 0.4) is 0 Å². The van der Waals surface area contributed by atoms with Crippen LogP contribution in [0.2, 0.25) is 5.02 Å². The zero-order chi connectivity index (χ0) is 19.2. The number of carboxylic acid groups (broad SMARTS) is 1. The van der Waals surface area contributed by atoms with Gasteiger partial charge in [0.2, 0.25) is 0 Å². The molecule has 140 valence electrons. The van der Waals surface area contributed by atoms with Crippen LogP contribution in [0.15, 0.2) is 54.6 Å². The highest BCUT2D eigenvalue weighted by Gasteiger charge is 2.24. The Morgan fingerprint density at radius 3 is 2.85 bits per heavy atom. The number of nitrogens with one attached hydrogen (secondary N) is 2. The molecule has 0 fully saturated rings. The van der Waals surface area contributed by atoms with E-state index in [1.54, 1.807) is 18.2 Å². The average molecular weight is 386 g/mol. The lowest BCUT2D eigenvalue weighted by atomic mass is 10.1. The molecule has 0 bridgehead atoms. The van der Waals surface area contributed by atoms with Gasteiger partial charge in [0.1, 0.15) is 0 Å². The third-order valence-corrected chi connectivity index (χ3v) is 4.43. The molecule has 0 aliphatic carbocycles. The molecule has 0 unspecified atom stereocenters. The van der Waals surface area contributed by atoms with Crippen molar-refractivity contribution in [3.63, 3.8) is 0 Å². The second-order valence-corrected chi connectivity index (χ2v) is 6.52. The Labute approximate surface area is 162 Å². The van der Waals surface area contributed by atoms with Gasteiger partial charge in [-0.25, -0.2) is 4.79 Å². The third kappa shape index (κ3) is 4.67. The highest BCUT2D eigenvalue weighted by atomic mass is 35.5. The number of nitrogens with zero attached hydrogens (tertiary/aromatic N) is 1. The van der Waals surface area contributed by atoms with Gasteiger partial charge in [-0.15, -0.1) is 0 Å². The van der Waals surface area contributed by atoms with Gasteiger partial charge in [-0.3, -0.25) is 4.79 Å². The second-order valence-electron chi connectivity index (χ2n) is 6.08. The molecule has 3 rings (SSSR count). The fraction of sp³-hybridized carbons (Fsp3) is 0.200. The summed E-state index contributed by atoms with van der Waals surface area (Å²) in [5.41, 5.74) is 3.02. The lowest BCUT2D eigenvalue weighted by Crippen LogP contribution is -2.24. The van der Waals surface area contributed by atoms with Gasteiger partial charge in [0.25, 0.3) is 5.91 Å². The molecule has 2 aromatic carbocycles. The molecule has 1 aliphatic rings. The van der Waals surface area contributed by atoms with Crippen LogP contribution in [0, 0.1) is 0 Å². The van der Waals surface area contributed by atoms with E-state index in [4.69, 9.17) is 16.7 Å². The summed E-state index contributed by atoms with van der Waals surface area (Å²) in [5, 5.41) is 15.3. The van der Waals surface area contributed by atoms with E-state index in [1.807, 2.05) is 30.3 Å². The van der Waals surface area contributed by atoms with Gasteiger partial charge in [0, 0.05) is 24.2 Å². The van der Waals surface area contributed by atoms with Crippen LogP contribution in [0.4, 0.5) is 17.1 Å². The number of para-hydroxylation sites is 1. The molecule has 1 heterocycles. The summed E-state index contributed by atoms with van der Waals surface area (Å²) < 4.78 is 0. The van der Waals surface area contributed by atoms with Gasteiger partial charge in [-0.2, -0.15) is 0 Å². The van der Waals surface area contributed by atoms with E-state index in [1.165, 1.54) is 0 Å². The van der Waals surface area contributed by atoms with Crippen molar-refractivity contribution < 1.29 is 14.7 Å². The summed E-state index contributed by atoms with van der Waals surface area (Å²) in [6.07, 6.45) is 3.49. The summed E-state index contributed by atoms with van der Waals surface area (Å²) in [6.45, 7) is 1.88. The topological polar surface area (TPSA) is 81.7 Å². The fourth-order valence-electron chi connectivity index (χ4n) is 3.00. The molecule has 1 amide bonds. The van der Waals surface area contributed by atoms with Crippen molar-refractivity contribution >= 4 is 40.5 Å². The normalized spacial score (nSPS) is 13.1. The minimum atomic E-state index is -0.955. The Kier molecular flexibility index (Phi) is 6.11. The summed E-state index contributed by atoms with van der Waals surface area (Å²) >= 11 is 6.20. The highest BCUT2D eigenvalue weighted by Crippen LogP contribution is 2.39. The summed E-state index contributed by atoms with van der Waals surface area (Å²) in [5.74, 6) is -1.10. The van der Waals surface area contributed by atoms with E-state index in [0.717, 1.165) is 29.6 Å². The SMILES string of the molecule is O=C(O)/C=C/CNCCCN1c2cc(Cl)ccc2NC(=O)c2ccccc21. The molecule has 3 N–H and O–H groups in total. The van der Waals surface area contributed by atoms with E-state index in [-0.39, 0.29) is 5.91 Å². The van der Waals surface area contributed by atoms with Crippen LogP contribution in [0.1, 0.15) is 16.8 Å². The Bertz CT molecular complexity index is 883. The number of hydrogen-bond donors (Lipinski definition) is 3. The Morgan fingerprint density at radius 1 is 1.22 bits per heavy atom. The van der Waals surface area contributed by atoms with Crippen molar-refractivity contribution in [1.82, 2.24) is 5.32 Å². The van der Waals surface area contributed by atoms with Crippen LogP contribution < -0.4 is 15.5 Å². The van der Waals surface area contributed by atoms with E-state index >= 15 is 0 Å². The maximum Gasteiger partial charge on any atom is 0.328 e. The lowest BCUT2D eigenvalue weighted by molar-refractivity contribution is -0.131. The number of anilines is 3. The molecular formula is C20H20ClN3O3. The number of halogens is 1. The number of carboxylic acids is 1. The number of carbonyl (C=O) groups excluding carboxylic acids is 1. The smallest absolute Gasteiger partial charge is 0.328 e. The summed E-state index contributed by atoms with van der Waals surface area (Å²) in [6, 6.07) is 12.9. The van der Waals surface area contributed by atoms with Crippen LogP contribution >= 0.6 is 11.6 Å². The predicted molar refractivity (Wildman–Crippen MR) is 107 cm³/mol. The van der Waals surface area contributed by atoms with Gasteiger partial charge in [0.15, 0.2) is 0 Å². The maximum atomic E-state index is 12.6. The molecule has 0 radical (unpaired) electrons. The zero-order valence-electron chi connectivity index (χ0n) is 14.6. The Morgan fingerprint density at radius 2 is 2.04 bits per heavy atom. The first-order valence-electron chi connectivity index (χ1n) is 8.64. The van der Waals surface area contributed by atoms with Crippen molar-refractivity contribution in [1.29, 1.82) is 0 Å². The van der Waals surface area contributed by atoms with E-state index < -0.39 is 5.97 Å². The number of carbonyl (C=O) groups is 2. The molecular weight excluding hydrogens is 366 g/mol. The van der Waals surface area contributed by atoms with Crippen LogP contribution in [0.25, 0.3) is 0 Å². The maximum absolute atomic E-state index is 12.6. The molecule has 2 aromatic rings. The lowest BCUT2D eigenvalue weighted by Gasteiger charge is -2.26. The van der Waals surface area contributed by atoms with Gasteiger partial charge < -0.3 is 20.6 Å². The first-order valence-corrected chi connectivity index (χ1v) is 9.01. The first-order chi connectivity index (χ1) is 13.1. The summed E-state index contributed by atoms with van der Waals surface area (Å²) in [7, 11) is 0. The monoisotopic (exact) mass is 385 g/mol. The van der Waals surface area contributed by atoms with Crippen molar-refractivity contribution in [2.24, 2.45) is 0 Å². The highest BCUT2D eigenvalue weighted by molar-refractivity contribution is 6.31. The standard InChI is InChI=1S/C20H20ClN3O3/c21-14-8-9-16-18(13-14)24(12-4-11-22-10-3-7-19(25)26)17-6-2-1-5-15(17)20(27)23-16/h1-3,5-9,13,22H,4,10-12H2,(H,23,27)(H,25,26)/b7-3+. The number of rotatable bonds is 7. The molecule has 0 saturated carbocycles. The number of benzene rings is 2. The molecule has 6 nitrogen and oxygen atoms in total. The summed E-state index contributed by atoms with van der Waals surface area (Å²) in [4.78, 5) is 25.1. The van der Waals surface area contributed by atoms with E-state index in [9.17, 15) is 9.59 Å². The fourth-order valence-corrected chi connectivity index (χ4v) is 3.17. The van der Waals surface area contributed by atoms with E-state index in [2.05, 4.69) is 15.5 Å². The van der Waals surface area contributed by atoms with Crippen molar-refractivity contribution in [3.05, 3.63) is 65.2 Å². The minimum Gasteiger partial charge on any atom is -0.478 e. The second kappa shape index (κ2) is 8.70.